The molecule has 2 rings (SSSR count). The zero-order valence-corrected chi connectivity index (χ0v) is 12.0. The van der Waals surface area contributed by atoms with Crippen molar-refractivity contribution in [2.24, 2.45) is 5.92 Å². The van der Waals surface area contributed by atoms with E-state index < -0.39 is 11.9 Å². The van der Waals surface area contributed by atoms with Crippen LogP contribution in [0.5, 0.6) is 0 Å². The average Bonchev–Trinajstić information content (AvgIpc) is 3.16. The fourth-order valence-corrected chi connectivity index (χ4v) is 2.94. The predicted octanol–water partition coefficient (Wildman–Crippen LogP) is 4.03. The molecule has 0 aromatic rings. The van der Waals surface area contributed by atoms with Crippen LogP contribution >= 0.6 is 0 Å². The lowest BCUT2D eigenvalue weighted by atomic mass is 9.85. The van der Waals surface area contributed by atoms with Crippen LogP contribution < -0.4 is 0 Å². The first-order valence-electron chi connectivity index (χ1n) is 7.74. The van der Waals surface area contributed by atoms with Gasteiger partial charge in [-0.1, -0.05) is 44.9 Å². The average molecular weight is 270 g/mol. The third-order valence-corrected chi connectivity index (χ3v) is 4.14. The molecule has 110 valence electrons. The standard InChI is InChI=1S/C15H26O4/c1-2-17-14(16)19-15(12-18-15)11-7-6-10-13-8-4-3-5-9-13/h13H,2-12H2,1H3. The minimum Gasteiger partial charge on any atom is -0.435 e. The van der Waals surface area contributed by atoms with Crippen LogP contribution in [-0.4, -0.2) is 25.2 Å². The van der Waals surface area contributed by atoms with Gasteiger partial charge in [0.15, 0.2) is 0 Å². The van der Waals surface area contributed by atoms with E-state index in [0.717, 1.165) is 18.8 Å². The van der Waals surface area contributed by atoms with E-state index in [4.69, 9.17) is 14.2 Å². The molecule has 1 atom stereocenters. The van der Waals surface area contributed by atoms with Crippen molar-refractivity contribution in [1.29, 1.82) is 0 Å². The van der Waals surface area contributed by atoms with Crippen molar-refractivity contribution in [2.45, 2.75) is 70.5 Å². The second-order valence-electron chi connectivity index (χ2n) is 5.73. The molecule has 1 saturated carbocycles. The Morgan fingerprint density at radius 3 is 2.63 bits per heavy atom. The maximum Gasteiger partial charge on any atom is 0.510 e. The van der Waals surface area contributed by atoms with Gasteiger partial charge in [-0.15, -0.1) is 0 Å². The summed E-state index contributed by atoms with van der Waals surface area (Å²) in [6, 6.07) is 0. The van der Waals surface area contributed by atoms with Gasteiger partial charge in [0.2, 0.25) is 5.79 Å². The lowest BCUT2D eigenvalue weighted by Crippen LogP contribution is -2.22. The molecule has 1 aliphatic carbocycles. The highest BCUT2D eigenvalue weighted by atomic mass is 16.8. The molecule has 0 bridgehead atoms. The molecule has 0 N–H and O–H groups in total. The highest BCUT2D eigenvalue weighted by Crippen LogP contribution is 2.35. The van der Waals surface area contributed by atoms with Gasteiger partial charge in [0.1, 0.15) is 6.61 Å². The van der Waals surface area contributed by atoms with Crippen molar-refractivity contribution in [3.8, 4) is 0 Å². The van der Waals surface area contributed by atoms with Gasteiger partial charge in [-0.25, -0.2) is 4.79 Å². The van der Waals surface area contributed by atoms with Crippen LogP contribution in [0, 0.1) is 5.92 Å². The van der Waals surface area contributed by atoms with Crippen LogP contribution in [0.25, 0.3) is 0 Å². The highest BCUT2D eigenvalue weighted by molar-refractivity contribution is 5.60. The molecular weight excluding hydrogens is 244 g/mol. The van der Waals surface area contributed by atoms with E-state index in [1.807, 2.05) is 0 Å². The summed E-state index contributed by atoms with van der Waals surface area (Å²) in [4.78, 5) is 11.3. The predicted molar refractivity (Wildman–Crippen MR) is 71.8 cm³/mol. The monoisotopic (exact) mass is 270 g/mol. The molecule has 2 fully saturated rings. The Morgan fingerprint density at radius 1 is 1.26 bits per heavy atom. The zero-order valence-electron chi connectivity index (χ0n) is 12.0. The summed E-state index contributed by atoms with van der Waals surface area (Å²) in [7, 11) is 0. The summed E-state index contributed by atoms with van der Waals surface area (Å²) in [6.07, 6.45) is 10.8. The smallest absolute Gasteiger partial charge is 0.435 e. The van der Waals surface area contributed by atoms with E-state index in [1.165, 1.54) is 44.9 Å². The Kier molecular flexibility index (Phi) is 5.49. The molecule has 4 nitrogen and oxygen atoms in total. The van der Waals surface area contributed by atoms with Crippen molar-refractivity contribution >= 4 is 6.16 Å². The van der Waals surface area contributed by atoms with Gasteiger partial charge in [-0.05, 0) is 19.3 Å². The van der Waals surface area contributed by atoms with Gasteiger partial charge in [-0.2, -0.15) is 0 Å². The quantitative estimate of drug-likeness (QED) is 0.398. The minimum atomic E-state index is -0.654. The summed E-state index contributed by atoms with van der Waals surface area (Å²) in [5.41, 5.74) is 0. The van der Waals surface area contributed by atoms with E-state index in [1.54, 1.807) is 6.92 Å². The first-order chi connectivity index (χ1) is 9.24. The summed E-state index contributed by atoms with van der Waals surface area (Å²) in [5.74, 6) is 0.273. The van der Waals surface area contributed by atoms with Crippen LogP contribution in [0.3, 0.4) is 0 Å². The maximum atomic E-state index is 11.3. The number of unbranched alkanes of at least 4 members (excludes halogenated alkanes) is 1. The van der Waals surface area contributed by atoms with E-state index in [-0.39, 0.29) is 0 Å². The third-order valence-electron chi connectivity index (χ3n) is 4.14. The number of rotatable bonds is 7. The van der Waals surface area contributed by atoms with E-state index in [9.17, 15) is 4.79 Å². The van der Waals surface area contributed by atoms with Crippen LogP contribution in [0.4, 0.5) is 4.79 Å². The fourth-order valence-electron chi connectivity index (χ4n) is 2.94. The number of carbonyl (C=O) groups excluding carboxylic acids is 1. The molecule has 0 aromatic carbocycles. The first kappa shape index (κ1) is 14.6. The van der Waals surface area contributed by atoms with Gasteiger partial charge >= 0.3 is 6.16 Å². The van der Waals surface area contributed by atoms with Crippen molar-refractivity contribution in [3.05, 3.63) is 0 Å². The summed E-state index contributed by atoms with van der Waals surface area (Å²) < 4.78 is 15.3. The molecule has 0 aromatic heterocycles. The normalized spacial score (nSPS) is 27.0. The number of hydrogen-bond donors (Lipinski definition) is 0. The van der Waals surface area contributed by atoms with Crippen molar-refractivity contribution < 1.29 is 19.0 Å². The lowest BCUT2D eigenvalue weighted by Gasteiger charge is -2.21. The molecular formula is C15H26O4. The third kappa shape index (κ3) is 5.01. The zero-order chi connectivity index (χ0) is 13.6. The first-order valence-corrected chi connectivity index (χ1v) is 7.74. The summed E-state index contributed by atoms with van der Waals surface area (Å²) >= 11 is 0. The van der Waals surface area contributed by atoms with Crippen LogP contribution in [-0.2, 0) is 14.2 Å². The van der Waals surface area contributed by atoms with Crippen molar-refractivity contribution in [2.75, 3.05) is 13.2 Å². The second-order valence-corrected chi connectivity index (χ2v) is 5.73. The molecule has 4 heteroatoms. The summed E-state index contributed by atoms with van der Waals surface area (Å²) in [6.45, 7) is 2.64. The van der Waals surface area contributed by atoms with Crippen LogP contribution in [0.2, 0.25) is 0 Å². The number of carbonyl (C=O) groups is 1. The van der Waals surface area contributed by atoms with Gasteiger partial charge in [0.05, 0.1) is 6.61 Å². The fraction of sp³-hybridized carbons (Fsp3) is 0.933. The van der Waals surface area contributed by atoms with Crippen molar-refractivity contribution in [1.82, 2.24) is 0 Å². The van der Waals surface area contributed by atoms with Crippen molar-refractivity contribution in [3.63, 3.8) is 0 Å². The van der Waals surface area contributed by atoms with Gasteiger partial charge in [-0.3, -0.25) is 0 Å². The minimum absolute atomic E-state index is 0.344. The number of ether oxygens (including phenoxy) is 3. The van der Waals surface area contributed by atoms with Gasteiger partial charge in [0, 0.05) is 6.42 Å². The molecule has 19 heavy (non-hydrogen) atoms. The van der Waals surface area contributed by atoms with Gasteiger partial charge in [0.25, 0.3) is 0 Å². The molecule has 0 radical (unpaired) electrons. The molecule has 0 amide bonds. The number of hydrogen-bond acceptors (Lipinski definition) is 4. The molecule has 1 unspecified atom stereocenters. The summed E-state index contributed by atoms with van der Waals surface area (Å²) in [5, 5.41) is 0. The molecule has 0 spiro atoms. The Bertz CT molecular complexity index is 280. The van der Waals surface area contributed by atoms with E-state index >= 15 is 0 Å². The lowest BCUT2D eigenvalue weighted by molar-refractivity contribution is -0.0382. The Hall–Kier alpha value is -0.770. The molecule has 1 aliphatic heterocycles. The topological polar surface area (TPSA) is 48.1 Å². The Balaban J connectivity index is 1.56. The Morgan fingerprint density at radius 2 is 2.00 bits per heavy atom. The van der Waals surface area contributed by atoms with Gasteiger partial charge < -0.3 is 14.2 Å². The number of epoxide rings is 1. The molecule has 2 aliphatic rings. The van der Waals surface area contributed by atoms with E-state index in [2.05, 4.69) is 0 Å². The van der Waals surface area contributed by atoms with E-state index in [0.29, 0.717) is 13.2 Å². The van der Waals surface area contributed by atoms with Crippen LogP contribution in [0.15, 0.2) is 0 Å². The largest absolute Gasteiger partial charge is 0.510 e. The maximum absolute atomic E-state index is 11.3. The SMILES string of the molecule is CCOC(=O)OC1(CCCCC2CCCCC2)CO1. The Labute approximate surface area is 115 Å². The van der Waals surface area contributed by atoms with Crippen LogP contribution in [0.1, 0.15) is 64.7 Å². The highest BCUT2D eigenvalue weighted by Gasteiger charge is 2.49. The second kappa shape index (κ2) is 7.13. The molecule has 1 saturated heterocycles. The molecule has 1 heterocycles.